The van der Waals surface area contributed by atoms with Crippen LogP contribution in [0.1, 0.15) is 33.3 Å². The molecule has 0 saturated heterocycles. The van der Waals surface area contributed by atoms with Gasteiger partial charge in [-0.1, -0.05) is 32.4 Å². The van der Waals surface area contributed by atoms with E-state index in [1.54, 1.807) is 0 Å². The minimum Gasteiger partial charge on any atom is -0.423 e. The fourth-order valence-corrected chi connectivity index (χ4v) is 2.57. The summed E-state index contributed by atoms with van der Waals surface area (Å²) in [5.41, 5.74) is 0.828. The SMILES string of the molecule is C=C(C)C(=O)Oc1ccc(OC(=O)C=Cc2ccc(OC(=O)C(=C)C)c(OC(=O)C(=C)C)c2)c(OC(=O)C(=C)C)c1. The van der Waals surface area contributed by atoms with Crippen molar-refractivity contribution in [3.8, 4) is 28.7 Å². The number of carbonyl (C=O) groups is 5. The van der Waals surface area contributed by atoms with Crippen LogP contribution in [0.25, 0.3) is 6.08 Å². The summed E-state index contributed by atoms with van der Waals surface area (Å²) in [7, 11) is 0. The Morgan fingerprint density at radius 2 is 0.951 bits per heavy atom. The molecule has 0 bridgehead atoms. The molecule has 0 atom stereocenters. The van der Waals surface area contributed by atoms with Crippen molar-refractivity contribution in [3.05, 3.63) is 96.6 Å². The summed E-state index contributed by atoms with van der Waals surface area (Å²) < 4.78 is 26.2. The molecule has 10 nitrogen and oxygen atoms in total. The zero-order valence-corrected chi connectivity index (χ0v) is 23.0. The predicted octanol–water partition coefficient (Wildman–Crippen LogP) is 5.23. The van der Waals surface area contributed by atoms with E-state index in [0.29, 0.717) is 5.56 Å². The first-order chi connectivity index (χ1) is 19.2. The smallest absolute Gasteiger partial charge is 0.338 e. The van der Waals surface area contributed by atoms with E-state index in [1.165, 1.54) is 70.2 Å². The molecule has 0 unspecified atom stereocenters. The number of hydrogen-bond donors (Lipinski definition) is 0. The van der Waals surface area contributed by atoms with Crippen LogP contribution in [0, 0.1) is 0 Å². The summed E-state index contributed by atoms with van der Waals surface area (Å²) in [5, 5.41) is 0. The molecule has 0 saturated carbocycles. The average molecular weight is 561 g/mol. The summed E-state index contributed by atoms with van der Waals surface area (Å²) in [4.78, 5) is 60.6. The van der Waals surface area contributed by atoms with Crippen LogP contribution in [0.2, 0.25) is 0 Å². The Morgan fingerprint density at radius 1 is 0.537 bits per heavy atom. The monoisotopic (exact) mass is 560 g/mol. The minimum atomic E-state index is -0.873. The summed E-state index contributed by atoms with van der Waals surface area (Å²) in [6.07, 6.45) is 2.39. The molecule has 0 radical (unpaired) electrons. The standard InChI is InChI=1S/C31H28O10/c1-17(2)28(33)37-22-11-13-23(26(16-22)41-31(36)20(7)8)38-27(32)14-10-21-9-12-24(39-29(34)18(3)4)25(15-21)40-30(35)19(5)6/h9-16H,1,3,5,7H2,2,4,6,8H3. The molecule has 2 aromatic rings. The molecule has 0 aliphatic carbocycles. The van der Waals surface area contributed by atoms with E-state index in [4.69, 9.17) is 23.7 Å². The van der Waals surface area contributed by atoms with E-state index in [-0.39, 0.29) is 51.0 Å². The Bertz CT molecular complexity index is 1510. The maximum Gasteiger partial charge on any atom is 0.338 e. The maximum absolute atomic E-state index is 12.6. The first-order valence-corrected chi connectivity index (χ1v) is 11.9. The van der Waals surface area contributed by atoms with Gasteiger partial charge in [0.15, 0.2) is 23.0 Å². The highest BCUT2D eigenvalue weighted by molar-refractivity contribution is 5.93. The van der Waals surface area contributed by atoms with Gasteiger partial charge in [0.2, 0.25) is 0 Å². The Morgan fingerprint density at radius 3 is 1.46 bits per heavy atom. The molecule has 0 aromatic heterocycles. The van der Waals surface area contributed by atoms with E-state index >= 15 is 0 Å². The molecule has 0 spiro atoms. The molecule has 0 amide bonds. The van der Waals surface area contributed by atoms with Gasteiger partial charge in [-0.2, -0.15) is 0 Å². The highest BCUT2D eigenvalue weighted by Gasteiger charge is 2.18. The van der Waals surface area contributed by atoms with Crippen molar-refractivity contribution >= 4 is 35.9 Å². The number of hydrogen-bond acceptors (Lipinski definition) is 10. The lowest BCUT2D eigenvalue weighted by Crippen LogP contribution is -2.13. The average Bonchev–Trinajstić information content (AvgIpc) is 2.89. The molecule has 0 aliphatic rings. The highest BCUT2D eigenvalue weighted by atomic mass is 16.6. The third kappa shape index (κ3) is 9.63. The lowest BCUT2D eigenvalue weighted by molar-refractivity contribution is -0.132. The highest BCUT2D eigenvalue weighted by Crippen LogP contribution is 2.33. The van der Waals surface area contributed by atoms with Crippen LogP contribution in [-0.4, -0.2) is 29.8 Å². The van der Waals surface area contributed by atoms with Crippen molar-refractivity contribution in [2.75, 3.05) is 0 Å². The van der Waals surface area contributed by atoms with E-state index in [0.717, 1.165) is 6.08 Å². The molecule has 0 aliphatic heterocycles. The third-order valence-corrected chi connectivity index (χ3v) is 4.72. The summed E-state index contributed by atoms with van der Waals surface area (Å²) in [5.74, 6) is -4.35. The molecule has 2 aromatic carbocycles. The van der Waals surface area contributed by atoms with Gasteiger partial charge in [0.25, 0.3) is 0 Å². The van der Waals surface area contributed by atoms with Gasteiger partial charge in [-0.3, -0.25) is 0 Å². The van der Waals surface area contributed by atoms with Crippen LogP contribution in [0.5, 0.6) is 28.7 Å². The van der Waals surface area contributed by atoms with Gasteiger partial charge in [0.05, 0.1) is 0 Å². The fraction of sp³-hybridized carbons (Fsp3) is 0.129. The molecule has 41 heavy (non-hydrogen) atoms. The molecule has 0 N–H and O–H groups in total. The predicted molar refractivity (Wildman–Crippen MR) is 149 cm³/mol. The number of benzene rings is 2. The van der Waals surface area contributed by atoms with Crippen LogP contribution in [0.4, 0.5) is 0 Å². The van der Waals surface area contributed by atoms with Crippen molar-refractivity contribution in [1.82, 2.24) is 0 Å². The first-order valence-electron chi connectivity index (χ1n) is 11.9. The van der Waals surface area contributed by atoms with E-state index in [1.807, 2.05) is 0 Å². The van der Waals surface area contributed by atoms with Gasteiger partial charge in [0, 0.05) is 34.4 Å². The van der Waals surface area contributed by atoms with Crippen LogP contribution in [-0.2, 0) is 24.0 Å². The van der Waals surface area contributed by atoms with Crippen molar-refractivity contribution in [2.45, 2.75) is 27.7 Å². The molecular formula is C31H28O10. The Labute approximate surface area is 236 Å². The quantitative estimate of drug-likeness (QED) is 0.204. The maximum atomic E-state index is 12.6. The number of rotatable bonds is 11. The molecular weight excluding hydrogens is 532 g/mol. The van der Waals surface area contributed by atoms with Gasteiger partial charge >= 0.3 is 29.8 Å². The third-order valence-electron chi connectivity index (χ3n) is 4.72. The zero-order valence-electron chi connectivity index (χ0n) is 23.0. The number of carbonyl (C=O) groups excluding carboxylic acids is 5. The first kappa shape index (κ1) is 31.7. The van der Waals surface area contributed by atoms with Crippen LogP contribution < -0.4 is 23.7 Å². The number of esters is 5. The molecule has 212 valence electrons. The fourth-order valence-electron chi connectivity index (χ4n) is 2.57. The minimum absolute atomic E-state index is 0.0159. The second kappa shape index (κ2) is 14.0. The second-order valence-corrected chi connectivity index (χ2v) is 8.75. The van der Waals surface area contributed by atoms with Gasteiger partial charge in [-0.25, -0.2) is 24.0 Å². The summed E-state index contributed by atoms with van der Waals surface area (Å²) >= 11 is 0. The van der Waals surface area contributed by atoms with E-state index in [2.05, 4.69) is 26.3 Å². The van der Waals surface area contributed by atoms with E-state index in [9.17, 15) is 24.0 Å². The normalized spacial score (nSPS) is 10.2. The van der Waals surface area contributed by atoms with Gasteiger partial charge in [-0.05, 0) is 63.6 Å². The van der Waals surface area contributed by atoms with Crippen LogP contribution in [0.3, 0.4) is 0 Å². The Kier molecular flexibility index (Phi) is 10.9. The van der Waals surface area contributed by atoms with Crippen molar-refractivity contribution in [1.29, 1.82) is 0 Å². The number of ether oxygens (including phenoxy) is 5. The topological polar surface area (TPSA) is 132 Å². The summed E-state index contributed by atoms with van der Waals surface area (Å²) in [6.45, 7) is 19.8. The Balaban J connectivity index is 2.32. The van der Waals surface area contributed by atoms with Crippen molar-refractivity contribution in [3.63, 3.8) is 0 Å². The molecule has 0 fully saturated rings. The van der Waals surface area contributed by atoms with Gasteiger partial charge in [0.1, 0.15) is 5.75 Å². The van der Waals surface area contributed by atoms with Gasteiger partial charge in [-0.15, -0.1) is 0 Å². The molecule has 0 heterocycles. The lowest BCUT2D eigenvalue weighted by atomic mass is 10.2. The Hall–Kier alpha value is -5.51. The second-order valence-electron chi connectivity index (χ2n) is 8.75. The van der Waals surface area contributed by atoms with Gasteiger partial charge < -0.3 is 23.7 Å². The lowest BCUT2D eigenvalue weighted by Gasteiger charge is -2.12. The van der Waals surface area contributed by atoms with Crippen molar-refractivity contribution in [2.24, 2.45) is 0 Å². The van der Waals surface area contributed by atoms with Crippen LogP contribution >= 0.6 is 0 Å². The van der Waals surface area contributed by atoms with E-state index < -0.39 is 29.8 Å². The summed E-state index contributed by atoms with van der Waals surface area (Å²) in [6, 6.07) is 8.02. The molecule has 2 rings (SSSR count). The van der Waals surface area contributed by atoms with Crippen molar-refractivity contribution < 1.29 is 47.7 Å². The zero-order chi connectivity index (χ0) is 30.9. The molecule has 10 heteroatoms. The largest absolute Gasteiger partial charge is 0.423 e. The van der Waals surface area contributed by atoms with Crippen LogP contribution in [0.15, 0.2) is 91.1 Å².